The summed E-state index contributed by atoms with van der Waals surface area (Å²) in [5.74, 6) is 2.54. The topological polar surface area (TPSA) is 41.1 Å². The van der Waals surface area contributed by atoms with Crippen LogP contribution < -0.4 is 10.6 Å². The van der Waals surface area contributed by atoms with Crippen LogP contribution in [0.5, 0.6) is 0 Å². The maximum atomic E-state index is 11.8. The van der Waals surface area contributed by atoms with Crippen LogP contribution >= 0.6 is 0 Å². The fourth-order valence-electron chi connectivity index (χ4n) is 2.02. The van der Waals surface area contributed by atoms with E-state index < -0.39 is 0 Å². The molecule has 3 heteroatoms. The predicted molar refractivity (Wildman–Crippen MR) is 67.2 cm³/mol. The van der Waals surface area contributed by atoms with Crippen molar-refractivity contribution < 1.29 is 4.79 Å². The second kappa shape index (κ2) is 5.51. The third kappa shape index (κ3) is 2.86. The smallest absolute Gasteiger partial charge is 0.237 e. The summed E-state index contributed by atoms with van der Waals surface area (Å²) in [5, 5.41) is 6.08. The number of rotatable bonds is 3. The van der Waals surface area contributed by atoms with Gasteiger partial charge in [0.05, 0.1) is 6.04 Å². The fraction of sp³-hybridized carbons (Fsp3) is 0.357. The molecule has 0 fully saturated rings. The van der Waals surface area contributed by atoms with Crippen molar-refractivity contribution in [3.63, 3.8) is 0 Å². The first-order chi connectivity index (χ1) is 8.31. The molecule has 0 aliphatic carbocycles. The lowest BCUT2D eigenvalue weighted by Gasteiger charge is -2.25. The van der Waals surface area contributed by atoms with Gasteiger partial charge in [0.1, 0.15) is 0 Å². The zero-order valence-corrected chi connectivity index (χ0v) is 9.70. The highest BCUT2D eigenvalue weighted by Crippen LogP contribution is 2.16. The van der Waals surface area contributed by atoms with Crippen LogP contribution in [-0.4, -0.2) is 18.5 Å². The molecule has 1 heterocycles. The Morgan fingerprint density at radius 3 is 3.00 bits per heavy atom. The van der Waals surface area contributed by atoms with E-state index in [2.05, 4.69) is 28.7 Å². The van der Waals surface area contributed by atoms with Gasteiger partial charge in [-0.1, -0.05) is 24.3 Å². The van der Waals surface area contributed by atoms with Gasteiger partial charge in [0.2, 0.25) is 5.91 Å². The minimum absolute atomic E-state index is 0.0368. The van der Waals surface area contributed by atoms with Crippen molar-refractivity contribution in [3.8, 4) is 12.3 Å². The fourth-order valence-corrected chi connectivity index (χ4v) is 2.02. The van der Waals surface area contributed by atoms with Crippen molar-refractivity contribution in [2.45, 2.75) is 25.4 Å². The minimum atomic E-state index is -0.136. The number of benzene rings is 1. The summed E-state index contributed by atoms with van der Waals surface area (Å²) in [7, 11) is 0. The van der Waals surface area contributed by atoms with Crippen LogP contribution in [0, 0.1) is 12.3 Å². The molecule has 1 amide bonds. The van der Waals surface area contributed by atoms with Crippen LogP contribution in [-0.2, 0) is 17.8 Å². The van der Waals surface area contributed by atoms with Gasteiger partial charge in [0.25, 0.3) is 0 Å². The molecule has 1 aliphatic heterocycles. The molecule has 88 valence electrons. The van der Waals surface area contributed by atoms with Gasteiger partial charge in [-0.05, 0) is 17.5 Å². The van der Waals surface area contributed by atoms with E-state index in [1.54, 1.807) is 0 Å². The van der Waals surface area contributed by atoms with E-state index >= 15 is 0 Å². The Bertz CT molecular complexity index is 448. The Morgan fingerprint density at radius 1 is 1.47 bits per heavy atom. The molecule has 0 saturated heterocycles. The van der Waals surface area contributed by atoms with Crippen LogP contribution in [0.4, 0.5) is 0 Å². The van der Waals surface area contributed by atoms with Crippen molar-refractivity contribution in [3.05, 3.63) is 35.4 Å². The second-order valence-corrected chi connectivity index (χ2v) is 4.15. The summed E-state index contributed by atoms with van der Waals surface area (Å²) in [5.41, 5.74) is 2.53. The zero-order valence-electron chi connectivity index (χ0n) is 9.70. The number of carbonyl (C=O) groups excluding carboxylic acids is 1. The molecule has 0 spiro atoms. The molecular formula is C14H16N2O. The molecule has 1 aromatic carbocycles. The molecule has 0 saturated carbocycles. The summed E-state index contributed by atoms with van der Waals surface area (Å²) in [6.07, 6.45) is 6.47. The number of fused-ring (bicyclic) bond motifs is 1. The molecule has 2 N–H and O–H groups in total. The summed E-state index contributed by atoms with van der Waals surface area (Å²) in [6, 6.07) is 8.07. The van der Waals surface area contributed by atoms with E-state index in [0.717, 1.165) is 13.0 Å². The lowest BCUT2D eigenvalue weighted by atomic mass is 9.95. The molecule has 0 aromatic heterocycles. The number of amides is 1. The number of hydrogen-bond donors (Lipinski definition) is 2. The highest BCUT2D eigenvalue weighted by atomic mass is 16.2. The quantitative estimate of drug-likeness (QED) is 0.594. The molecule has 1 aromatic rings. The Balaban J connectivity index is 1.93. The van der Waals surface area contributed by atoms with E-state index in [-0.39, 0.29) is 11.9 Å². The van der Waals surface area contributed by atoms with E-state index in [0.29, 0.717) is 13.0 Å². The van der Waals surface area contributed by atoms with Gasteiger partial charge in [-0.25, -0.2) is 0 Å². The van der Waals surface area contributed by atoms with Crippen molar-refractivity contribution in [2.75, 3.05) is 6.54 Å². The first-order valence-electron chi connectivity index (χ1n) is 5.82. The van der Waals surface area contributed by atoms with Gasteiger partial charge >= 0.3 is 0 Å². The Hall–Kier alpha value is -1.79. The minimum Gasteiger partial charge on any atom is -0.354 e. The molecule has 17 heavy (non-hydrogen) atoms. The number of hydrogen-bond acceptors (Lipinski definition) is 2. The monoisotopic (exact) mass is 228 g/mol. The van der Waals surface area contributed by atoms with E-state index in [1.165, 1.54) is 11.1 Å². The van der Waals surface area contributed by atoms with E-state index in [9.17, 15) is 4.79 Å². The zero-order chi connectivity index (χ0) is 12.1. The van der Waals surface area contributed by atoms with Gasteiger partial charge in [0.15, 0.2) is 0 Å². The van der Waals surface area contributed by atoms with Gasteiger partial charge < -0.3 is 10.6 Å². The van der Waals surface area contributed by atoms with Crippen molar-refractivity contribution >= 4 is 5.91 Å². The lowest BCUT2D eigenvalue weighted by Crippen LogP contribution is -2.47. The average Bonchev–Trinajstić information content (AvgIpc) is 2.38. The summed E-state index contributed by atoms with van der Waals surface area (Å²) < 4.78 is 0. The molecule has 0 bridgehead atoms. The van der Waals surface area contributed by atoms with Crippen LogP contribution in [0.25, 0.3) is 0 Å². The number of carbonyl (C=O) groups is 1. The number of terminal acetylenes is 1. The highest BCUT2D eigenvalue weighted by molar-refractivity contribution is 5.82. The Kier molecular flexibility index (Phi) is 3.79. The number of nitrogens with one attached hydrogen (secondary N) is 2. The molecule has 0 unspecified atom stereocenters. The molecule has 1 aliphatic rings. The van der Waals surface area contributed by atoms with Gasteiger partial charge in [-0.2, -0.15) is 0 Å². The first-order valence-corrected chi connectivity index (χ1v) is 5.82. The molecular weight excluding hydrogens is 212 g/mol. The summed E-state index contributed by atoms with van der Waals surface area (Å²) >= 11 is 0. The van der Waals surface area contributed by atoms with Crippen LogP contribution in [0.3, 0.4) is 0 Å². The van der Waals surface area contributed by atoms with Crippen LogP contribution in [0.1, 0.15) is 17.5 Å². The lowest BCUT2D eigenvalue weighted by molar-refractivity contribution is -0.123. The summed E-state index contributed by atoms with van der Waals surface area (Å²) in [4.78, 5) is 11.8. The van der Waals surface area contributed by atoms with Crippen molar-refractivity contribution in [1.82, 2.24) is 10.6 Å². The molecule has 0 radical (unpaired) electrons. The predicted octanol–water partition coefficient (Wildman–Crippen LogP) is 0.840. The molecule has 3 nitrogen and oxygen atoms in total. The SMILES string of the molecule is C#CCCNC(=O)[C@H]1Cc2ccccc2CN1. The Labute approximate surface area is 102 Å². The van der Waals surface area contributed by atoms with Gasteiger partial charge in [-0.15, -0.1) is 12.3 Å². The van der Waals surface area contributed by atoms with E-state index in [4.69, 9.17) is 6.42 Å². The maximum Gasteiger partial charge on any atom is 0.237 e. The van der Waals surface area contributed by atoms with Crippen LogP contribution in [0.15, 0.2) is 24.3 Å². The normalized spacial score (nSPS) is 17.9. The second-order valence-electron chi connectivity index (χ2n) is 4.15. The average molecular weight is 228 g/mol. The van der Waals surface area contributed by atoms with Gasteiger partial charge in [-0.3, -0.25) is 4.79 Å². The van der Waals surface area contributed by atoms with Crippen molar-refractivity contribution in [1.29, 1.82) is 0 Å². The summed E-state index contributed by atoms with van der Waals surface area (Å²) in [6.45, 7) is 1.30. The van der Waals surface area contributed by atoms with E-state index in [1.807, 2.05) is 12.1 Å². The first kappa shape index (κ1) is 11.7. The van der Waals surface area contributed by atoms with Crippen LogP contribution in [0.2, 0.25) is 0 Å². The third-order valence-corrected chi connectivity index (χ3v) is 2.97. The third-order valence-electron chi connectivity index (χ3n) is 2.97. The highest BCUT2D eigenvalue weighted by Gasteiger charge is 2.23. The molecule has 1 atom stereocenters. The maximum absolute atomic E-state index is 11.8. The Morgan fingerprint density at radius 2 is 2.24 bits per heavy atom. The van der Waals surface area contributed by atoms with Crippen molar-refractivity contribution in [2.24, 2.45) is 0 Å². The molecule has 2 rings (SSSR count). The largest absolute Gasteiger partial charge is 0.354 e. The van der Waals surface area contributed by atoms with Gasteiger partial charge in [0, 0.05) is 19.5 Å². The standard InChI is InChI=1S/C14H16N2O/c1-2-3-8-15-14(17)13-9-11-6-4-5-7-12(11)10-16-13/h1,4-7,13,16H,3,8-10H2,(H,15,17)/t13-/m1/s1.